The van der Waals surface area contributed by atoms with Gasteiger partial charge in [0.2, 0.25) is 6.54 Å². The van der Waals surface area contributed by atoms with Gasteiger partial charge in [0, 0.05) is 35.8 Å². The van der Waals surface area contributed by atoms with Crippen LogP contribution in [0, 0.1) is 13.8 Å². The standard InChI is InChI=1S/C23H20F3N7O3/c1-13-20(14(2)32(3)30-13)15-7-8-18(27-10-15)11-33-12-19(36-31-33)21(34)29-22(35)28-17-6-4-5-16(9-17)23(24,25)26/h4-10,12H,11H2,1-3H3,(H-,28,29,34,35)/p+1. The molecule has 3 heterocycles. The monoisotopic (exact) mass is 500 g/mol. The zero-order valence-corrected chi connectivity index (χ0v) is 19.4. The number of halogens is 3. The van der Waals surface area contributed by atoms with E-state index in [0.29, 0.717) is 5.69 Å². The number of carbonyl (C=O) groups is 2. The van der Waals surface area contributed by atoms with Crippen molar-refractivity contribution in [2.75, 3.05) is 5.32 Å². The molecule has 3 amide bonds. The van der Waals surface area contributed by atoms with Crippen molar-refractivity contribution in [2.45, 2.75) is 26.6 Å². The number of benzene rings is 1. The van der Waals surface area contributed by atoms with Crippen LogP contribution in [0.25, 0.3) is 11.1 Å². The number of imide groups is 1. The first kappa shape index (κ1) is 24.6. The first-order valence-electron chi connectivity index (χ1n) is 10.6. The van der Waals surface area contributed by atoms with Crippen LogP contribution in [-0.2, 0) is 19.8 Å². The summed E-state index contributed by atoms with van der Waals surface area (Å²) in [5.41, 5.74) is 3.41. The second kappa shape index (κ2) is 9.60. The Morgan fingerprint density at radius 1 is 1.17 bits per heavy atom. The summed E-state index contributed by atoms with van der Waals surface area (Å²) in [5.74, 6) is -1.19. The fourth-order valence-electron chi connectivity index (χ4n) is 3.58. The van der Waals surface area contributed by atoms with E-state index in [4.69, 9.17) is 4.52 Å². The summed E-state index contributed by atoms with van der Waals surface area (Å²) in [6.45, 7) is 4.09. The number of nitrogens with one attached hydrogen (secondary N) is 2. The smallest absolute Gasteiger partial charge is 0.308 e. The van der Waals surface area contributed by atoms with E-state index in [-0.39, 0.29) is 18.0 Å². The van der Waals surface area contributed by atoms with E-state index in [1.807, 2.05) is 38.3 Å². The van der Waals surface area contributed by atoms with Crippen molar-refractivity contribution >= 4 is 17.6 Å². The lowest BCUT2D eigenvalue weighted by atomic mass is 10.1. The molecule has 0 atom stereocenters. The summed E-state index contributed by atoms with van der Waals surface area (Å²) in [5, 5.41) is 12.3. The molecule has 0 unspecified atom stereocenters. The number of urea groups is 1. The summed E-state index contributed by atoms with van der Waals surface area (Å²) in [6, 6.07) is 6.71. The Morgan fingerprint density at radius 3 is 2.58 bits per heavy atom. The van der Waals surface area contributed by atoms with Crippen molar-refractivity contribution in [3.05, 3.63) is 77.2 Å². The van der Waals surface area contributed by atoms with Gasteiger partial charge >= 0.3 is 18.1 Å². The van der Waals surface area contributed by atoms with Crippen molar-refractivity contribution in [2.24, 2.45) is 7.05 Å². The molecule has 0 radical (unpaired) electrons. The van der Waals surface area contributed by atoms with Gasteiger partial charge in [0.05, 0.1) is 11.3 Å². The number of hydrogen-bond acceptors (Lipinski definition) is 6. The van der Waals surface area contributed by atoms with Gasteiger partial charge in [0.25, 0.3) is 12.0 Å². The quantitative estimate of drug-likeness (QED) is 0.406. The summed E-state index contributed by atoms with van der Waals surface area (Å²) in [6.07, 6.45) is -1.57. The van der Waals surface area contributed by atoms with Crippen LogP contribution in [0.2, 0.25) is 0 Å². The molecule has 0 spiro atoms. The highest BCUT2D eigenvalue weighted by Gasteiger charge is 2.30. The number of pyridine rings is 1. The number of alkyl halides is 3. The highest BCUT2D eigenvalue weighted by molar-refractivity contribution is 6.06. The van der Waals surface area contributed by atoms with E-state index in [2.05, 4.69) is 20.7 Å². The maximum absolute atomic E-state index is 12.8. The molecule has 4 aromatic rings. The molecule has 0 aliphatic heterocycles. The van der Waals surface area contributed by atoms with E-state index >= 15 is 0 Å². The molecule has 3 aromatic heterocycles. The van der Waals surface area contributed by atoms with E-state index in [1.54, 1.807) is 10.9 Å². The number of amides is 3. The van der Waals surface area contributed by atoms with Crippen LogP contribution >= 0.6 is 0 Å². The Bertz CT molecular complexity index is 1430. The SMILES string of the molecule is Cc1nn(C)c(C)c1-c1ccc(C[n+]2cc(C(=O)NC(=O)Nc3cccc(C(F)(F)F)c3)on2)nc1. The molecule has 0 aliphatic rings. The molecule has 0 saturated heterocycles. The van der Waals surface area contributed by atoms with Crippen LogP contribution in [0.15, 0.2) is 53.3 Å². The lowest BCUT2D eigenvalue weighted by Crippen LogP contribution is -2.37. The highest BCUT2D eigenvalue weighted by Crippen LogP contribution is 2.30. The van der Waals surface area contributed by atoms with Gasteiger partial charge in [0.1, 0.15) is 5.69 Å². The van der Waals surface area contributed by atoms with Crippen molar-refractivity contribution in [3.8, 4) is 11.1 Å². The average molecular weight is 500 g/mol. The Kier molecular flexibility index (Phi) is 6.55. The zero-order chi connectivity index (χ0) is 26.0. The fraction of sp³-hybridized carbons (Fsp3) is 0.217. The largest absolute Gasteiger partial charge is 0.416 e. The van der Waals surface area contributed by atoms with Crippen molar-refractivity contribution in [3.63, 3.8) is 0 Å². The summed E-state index contributed by atoms with van der Waals surface area (Å²) >= 11 is 0. The lowest BCUT2D eigenvalue weighted by molar-refractivity contribution is -0.755. The molecule has 4 rings (SSSR count). The van der Waals surface area contributed by atoms with Crippen LogP contribution in [0.3, 0.4) is 0 Å². The Hall–Kier alpha value is -4.55. The Balaban J connectivity index is 1.37. The summed E-state index contributed by atoms with van der Waals surface area (Å²) in [4.78, 5) is 28.8. The number of carbonyl (C=O) groups excluding carboxylic acids is 2. The molecule has 2 N–H and O–H groups in total. The molecule has 0 fully saturated rings. The first-order valence-corrected chi connectivity index (χ1v) is 10.6. The number of aromatic nitrogens is 5. The maximum Gasteiger partial charge on any atom is 0.416 e. The van der Waals surface area contributed by atoms with E-state index in [9.17, 15) is 22.8 Å². The van der Waals surface area contributed by atoms with Gasteiger partial charge in [-0.15, -0.1) is 0 Å². The number of aryl methyl sites for hydroxylation is 2. The van der Waals surface area contributed by atoms with Crippen molar-refractivity contribution in [1.29, 1.82) is 0 Å². The minimum atomic E-state index is -4.57. The molecule has 0 saturated carbocycles. The van der Waals surface area contributed by atoms with Gasteiger partial charge in [-0.1, -0.05) is 12.1 Å². The second-order valence-electron chi connectivity index (χ2n) is 7.96. The fourth-order valence-corrected chi connectivity index (χ4v) is 3.58. The van der Waals surface area contributed by atoms with Gasteiger partial charge in [-0.25, -0.2) is 4.79 Å². The molecular formula is C23H21F3N7O3+. The highest BCUT2D eigenvalue weighted by atomic mass is 19.4. The van der Waals surface area contributed by atoms with Crippen LogP contribution in [0.5, 0.6) is 0 Å². The van der Waals surface area contributed by atoms with Gasteiger partial charge in [0.15, 0.2) is 5.27 Å². The predicted molar refractivity (Wildman–Crippen MR) is 120 cm³/mol. The zero-order valence-electron chi connectivity index (χ0n) is 19.4. The minimum absolute atomic E-state index is 0.131. The number of anilines is 1. The van der Waals surface area contributed by atoms with Gasteiger partial charge in [-0.2, -0.15) is 18.3 Å². The van der Waals surface area contributed by atoms with Crippen molar-refractivity contribution < 1.29 is 32.0 Å². The molecule has 10 nitrogen and oxygen atoms in total. The van der Waals surface area contributed by atoms with E-state index < -0.39 is 23.7 Å². The molecule has 1 aromatic carbocycles. The van der Waals surface area contributed by atoms with Gasteiger partial charge in [-0.3, -0.25) is 24.3 Å². The molecule has 13 heteroatoms. The topological polar surface area (TPSA) is 119 Å². The van der Waals surface area contributed by atoms with Crippen molar-refractivity contribution in [1.82, 2.24) is 25.4 Å². The van der Waals surface area contributed by atoms with Crippen LogP contribution in [-0.4, -0.2) is 32.0 Å². The number of nitrogens with zero attached hydrogens (tertiary/aromatic N) is 5. The minimum Gasteiger partial charge on any atom is -0.308 e. The third-order valence-corrected chi connectivity index (χ3v) is 5.36. The summed E-state index contributed by atoms with van der Waals surface area (Å²) in [7, 11) is 1.87. The number of rotatable bonds is 5. The average Bonchev–Trinajstić information content (AvgIpc) is 3.38. The Labute approximate surface area is 202 Å². The van der Waals surface area contributed by atoms with Crippen LogP contribution in [0.4, 0.5) is 23.7 Å². The normalized spacial score (nSPS) is 11.4. The van der Waals surface area contributed by atoms with Crippen LogP contribution < -0.4 is 15.3 Å². The van der Waals surface area contributed by atoms with Crippen LogP contribution in [0.1, 0.15) is 33.2 Å². The number of hydrogen-bond donors (Lipinski definition) is 2. The van der Waals surface area contributed by atoms with E-state index in [1.165, 1.54) is 16.9 Å². The molecule has 0 bridgehead atoms. The van der Waals surface area contributed by atoms with Gasteiger partial charge in [-0.05, 0) is 42.8 Å². The molecule has 36 heavy (non-hydrogen) atoms. The Morgan fingerprint density at radius 2 is 1.94 bits per heavy atom. The third kappa shape index (κ3) is 5.40. The maximum atomic E-state index is 12.8. The molecular weight excluding hydrogens is 479 g/mol. The second-order valence-corrected chi connectivity index (χ2v) is 7.96. The third-order valence-electron chi connectivity index (χ3n) is 5.36. The first-order chi connectivity index (χ1) is 17.0. The molecule has 186 valence electrons. The molecule has 0 aliphatic carbocycles. The van der Waals surface area contributed by atoms with Gasteiger partial charge < -0.3 is 5.32 Å². The lowest BCUT2D eigenvalue weighted by Gasteiger charge is -2.09. The van der Waals surface area contributed by atoms with E-state index in [0.717, 1.165) is 40.7 Å². The predicted octanol–water partition coefficient (Wildman–Crippen LogP) is 3.40. The summed E-state index contributed by atoms with van der Waals surface area (Å²) < 4.78 is 46.5.